The SMILES string of the molecule is O=C(O)CCCCCN1C(=O)C(=Cc2ccc(-c3cccc(O)c3)o2)SC1=S. The highest BCUT2D eigenvalue weighted by molar-refractivity contribution is 8.26. The Morgan fingerprint density at radius 2 is 2.04 bits per heavy atom. The molecule has 2 heterocycles. The number of rotatable bonds is 8. The van der Waals surface area contributed by atoms with Gasteiger partial charge < -0.3 is 14.6 Å². The van der Waals surface area contributed by atoms with Crippen LogP contribution in [-0.2, 0) is 9.59 Å². The highest BCUT2D eigenvalue weighted by Crippen LogP contribution is 2.34. The van der Waals surface area contributed by atoms with E-state index in [4.69, 9.17) is 21.7 Å². The van der Waals surface area contributed by atoms with Crippen LogP contribution in [0.5, 0.6) is 5.75 Å². The first-order valence-electron chi connectivity index (χ1n) is 8.80. The largest absolute Gasteiger partial charge is 0.508 e. The van der Waals surface area contributed by atoms with E-state index in [-0.39, 0.29) is 18.1 Å². The summed E-state index contributed by atoms with van der Waals surface area (Å²) in [5, 5.41) is 18.2. The van der Waals surface area contributed by atoms with Gasteiger partial charge in [-0.2, -0.15) is 0 Å². The van der Waals surface area contributed by atoms with Crippen molar-refractivity contribution < 1.29 is 24.2 Å². The minimum atomic E-state index is -0.808. The van der Waals surface area contributed by atoms with E-state index in [2.05, 4.69) is 0 Å². The van der Waals surface area contributed by atoms with Crippen LogP contribution in [0, 0.1) is 0 Å². The summed E-state index contributed by atoms with van der Waals surface area (Å²) in [5.41, 5.74) is 0.744. The Morgan fingerprint density at radius 1 is 1.21 bits per heavy atom. The van der Waals surface area contributed by atoms with Crippen molar-refractivity contribution in [1.82, 2.24) is 4.90 Å². The van der Waals surface area contributed by atoms with Crippen molar-refractivity contribution in [2.24, 2.45) is 0 Å². The molecule has 1 aromatic heterocycles. The first kappa shape index (κ1) is 20.2. The predicted octanol–water partition coefficient (Wildman–Crippen LogP) is 4.50. The zero-order valence-corrected chi connectivity index (χ0v) is 16.6. The standard InChI is InChI=1S/C20H19NO5S2/c22-14-6-4-5-13(11-14)16-9-8-15(26-16)12-17-19(25)21(20(27)28-17)10-3-1-2-7-18(23)24/h4-6,8-9,11-12,22H,1-3,7,10H2,(H,23,24). The fraction of sp³-hybridized carbons (Fsp3) is 0.250. The van der Waals surface area contributed by atoms with Gasteiger partial charge in [-0.3, -0.25) is 14.5 Å². The molecule has 146 valence electrons. The van der Waals surface area contributed by atoms with Gasteiger partial charge in [-0.25, -0.2) is 0 Å². The summed E-state index contributed by atoms with van der Waals surface area (Å²) < 4.78 is 6.27. The third-order valence-corrected chi connectivity index (χ3v) is 5.55. The lowest BCUT2D eigenvalue weighted by atomic mass is 10.2. The number of benzene rings is 1. The molecule has 1 aliphatic rings. The average Bonchev–Trinajstić information content (AvgIpc) is 3.21. The van der Waals surface area contributed by atoms with Gasteiger partial charge in [0.1, 0.15) is 21.6 Å². The average molecular weight is 418 g/mol. The van der Waals surface area contributed by atoms with Gasteiger partial charge in [0.15, 0.2) is 0 Å². The third-order valence-electron chi connectivity index (χ3n) is 4.18. The number of carbonyl (C=O) groups excluding carboxylic acids is 1. The van der Waals surface area contributed by atoms with Crippen molar-refractivity contribution in [3.63, 3.8) is 0 Å². The van der Waals surface area contributed by atoms with Crippen molar-refractivity contribution in [2.45, 2.75) is 25.7 Å². The summed E-state index contributed by atoms with van der Waals surface area (Å²) in [7, 11) is 0. The maximum Gasteiger partial charge on any atom is 0.303 e. The molecule has 0 aliphatic carbocycles. The molecule has 1 aliphatic heterocycles. The number of carboxylic acids is 1. The van der Waals surface area contributed by atoms with Gasteiger partial charge in [-0.1, -0.05) is 42.5 Å². The fourth-order valence-electron chi connectivity index (χ4n) is 2.79. The Labute approximate surface area is 171 Å². The summed E-state index contributed by atoms with van der Waals surface area (Å²) >= 11 is 6.53. The summed E-state index contributed by atoms with van der Waals surface area (Å²) in [5.74, 6) is 0.302. The first-order valence-corrected chi connectivity index (χ1v) is 10.0. The Balaban J connectivity index is 1.63. The molecule has 2 N–H and O–H groups in total. The van der Waals surface area contributed by atoms with Crippen LogP contribution in [0.3, 0.4) is 0 Å². The molecule has 1 aromatic carbocycles. The fourth-order valence-corrected chi connectivity index (χ4v) is 4.08. The number of hydrogen-bond donors (Lipinski definition) is 2. The zero-order chi connectivity index (χ0) is 20.1. The van der Waals surface area contributed by atoms with Gasteiger partial charge in [0.2, 0.25) is 0 Å². The number of amides is 1. The van der Waals surface area contributed by atoms with E-state index in [0.717, 1.165) is 12.0 Å². The van der Waals surface area contributed by atoms with E-state index in [1.165, 1.54) is 11.8 Å². The number of furan rings is 1. The molecule has 0 atom stereocenters. The number of aromatic hydroxyl groups is 1. The molecule has 1 saturated heterocycles. The molecule has 1 amide bonds. The summed E-state index contributed by atoms with van der Waals surface area (Å²) in [4.78, 5) is 25.2. The number of aliphatic carboxylic acids is 1. The van der Waals surface area contributed by atoms with Crippen molar-refractivity contribution in [3.05, 3.63) is 47.1 Å². The van der Waals surface area contributed by atoms with Crippen LogP contribution in [0.2, 0.25) is 0 Å². The predicted molar refractivity (Wildman–Crippen MR) is 112 cm³/mol. The van der Waals surface area contributed by atoms with Crippen LogP contribution in [0.25, 0.3) is 17.4 Å². The Hall–Kier alpha value is -2.58. The molecule has 3 rings (SSSR count). The molecular weight excluding hydrogens is 398 g/mol. The normalized spacial score (nSPS) is 15.6. The molecular formula is C20H19NO5S2. The monoisotopic (exact) mass is 417 g/mol. The van der Waals surface area contributed by atoms with Gasteiger partial charge >= 0.3 is 5.97 Å². The number of nitrogens with zero attached hydrogens (tertiary/aromatic N) is 1. The summed E-state index contributed by atoms with van der Waals surface area (Å²) in [6, 6.07) is 10.3. The molecule has 0 saturated carbocycles. The van der Waals surface area contributed by atoms with E-state index in [1.807, 2.05) is 6.07 Å². The minimum Gasteiger partial charge on any atom is -0.508 e. The number of carbonyl (C=O) groups is 2. The third kappa shape index (κ3) is 5.02. The number of phenolic OH excluding ortho intramolecular Hbond substituents is 1. The second kappa shape index (κ2) is 9.07. The second-order valence-electron chi connectivity index (χ2n) is 6.29. The number of thioether (sulfide) groups is 1. The minimum absolute atomic E-state index is 0.137. The van der Waals surface area contributed by atoms with Crippen LogP contribution < -0.4 is 0 Å². The zero-order valence-electron chi connectivity index (χ0n) is 15.0. The van der Waals surface area contributed by atoms with Crippen LogP contribution in [0.15, 0.2) is 45.7 Å². The lowest BCUT2D eigenvalue weighted by molar-refractivity contribution is -0.137. The van der Waals surface area contributed by atoms with Gasteiger partial charge in [-0.05, 0) is 37.1 Å². The van der Waals surface area contributed by atoms with Crippen molar-refractivity contribution in [2.75, 3.05) is 6.54 Å². The molecule has 0 bridgehead atoms. The number of thiocarbonyl (C=S) groups is 1. The van der Waals surface area contributed by atoms with E-state index >= 15 is 0 Å². The molecule has 1 fully saturated rings. The molecule has 0 spiro atoms. The number of phenols is 1. The van der Waals surface area contributed by atoms with Crippen molar-refractivity contribution in [1.29, 1.82) is 0 Å². The Kier molecular flexibility index (Phi) is 6.53. The van der Waals surface area contributed by atoms with E-state index in [0.29, 0.717) is 40.1 Å². The maximum atomic E-state index is 12.6. The number of carboxylic acid groups (broad SMARTS) is 1. The van der Waals surface area contributed by atoms with Crippen LogP contribution in [0.1, 0.15) is 31.4 Å². The molecule has 6 nitrogen and oxygen atoms in total. The highest BCUT2D eigenvalue weighted by atomic mass is 32.2. The Bertz CT molecular complexity index is 934. The maximum absolute atomic E-state index is 12.6. The van der Waals surface area contributed by atoms with Gasteiger partial charge in [0.25, 0.3) is 5.91 Å². The molecule has 0 radical (unpaired) electrons. The van der Waals surface area contributed by atoms with Gasteiger partial charge in [0, 0.05) is 24.6 Å². The highest BCUT2D eigenvalue weighted by Gasteiger charge is 2.31. The van der Waals surface area contributed by atoms with Gasteiger partial charge in [-0.15, -0.1) is 0 Å². The number of hydrogen-bond acceptors (Lipinski definition) is 6. The topological polar surface area (TPSA) is 91.0 Å². The second-order valence-corrected chi connectivity index (χ2v) is 7.97. The lowest BCUT2D eigenvalue weighted by Gasteiger charge is -2.13. The smallest absolute Gasteiger partial charge is 0.303 e. The summed E-state index contributed by atoms with van der Waals surface area (Å²) in [6.45, 7) is 0.480. The Morgan fingerprint density at radius 3 is 2.79 bits per heavy atom. The molecule has 8 heteroatoms. The van der Waals surface area contributed by atoms with E-state index in [1.54, 1.807) is 41.3 Å². The van der Waals surface area contributed by atoms with E-state index in [9.17, 15) is 14.7 Å². The molecule has 28 heavy (non-hydrogen) atoms. The molecule has 0 unspecified atom stereocenters. The summed E-state index contributed by atoms with van der Waals surface area (Å²) in [6.07, 6.45) is 3.82. The van der Waals surface area contributed by atoms with Crippen LogP contribution in [0.4, 0.5) is 0 Å². The quantitative estimate of drug-likeness (QED) is 0.371. The van der Waals surface area contributed by atoms with E-state index < -0.39 is 5.97 Å². The van der Waals surface area contributed by atoms with Crippen molar-refractivity contribution in [3.8, 4) is 17.1 Å². The van der Waals surface area contributed by atoms with Gasteiger partial charge in [0.05, 0.1) is 4.91 Å². The number of unbranched alkanes of at least 4 members (excludes halogenated alkanes) is 2. The van der Waals surface area contributed by atoms with Crippen molar-refractivity contribution >= 4 is 46.3 Å². The first-order chi connectivity index (χ1) is 13.4. The van der Waals surface area contributed by atoms with Crippen LogP contribution >= 0.6 is 24.0 Å². The van der Waals surface area contributed by atoms with Crippen LogP contribution in [-0.4, -0.2) is 37.9 Å². The lowest BCUT2D eigenvalue weighted by Crippen LogP contribution is -2.29. The molecule has 2 aromatic rings.